The molecular weight excluding hydrogens is 280 g/mol. The number of pyridine rings is 1. The largest absolute Gasteiger partial charge is 0.494 e. The third kappa shape index (κ3) is 3.22. The van der Waals surface area contributed by atoms with Crippen LogP contribution in [0.25, 0.3) is 0 Å². The molecule has 0 aromatic carbocycles. The molecule has 6 nitrogen and oxygen atoms in total. The fourth-order valence-electron chi connectivity index (χ4n) is 2.17. The number of nitrogens with zero attached hydrogens (tertiary/aromatic N) is 2. The summed E-state index contributed by atoms with van der Waals surface area (Å²) in [7, 11) is 1.48. The standard InChI is InChI=1S/C13H16N2O4S/c1-19-11-7-14-3-2-10(11)13(18)15-4-5-20-8-9(15)6-12(16)17/h2-3,7,9H,4-6,8H2,1H3,(H,16,17). The van der Waals surface area contributed by atoms with Crippen molar-refractivity contribution in [3.63, 3.8) is 0 Å². The van der Waals surface area contributed by atoms with Crippen molar-refractivity contribution < 1.29 is 19.4 Å². The van der Waals surface area contributed by atoms with Crippen LogP contribution in [0, 0.1) is 0 Å². The molecule has 1 amide bonds. The molecule has 1 saturated heterocycles. The van der Waals surface area contributed by atoms with Gasteiger partial charge in [0.2, 0.25) is 0 Å². The Morgan fingerprint density at radius 2 is 2.40 bits per heavy atom. The Hall–Kier alpha value is -1.76. The van der Waals surface area contributed by atoms with Crippen molar-refractivity contribution >= 4 is 23.6 Å². The fourth-order valence-corrected chi connectivity index (χ4v) is 3.23. The van der Waals surface area contributed by atoms with Crippen LogP contribution in [-0.4, -0.2) is 58.1 Å². The van der Waals surface area contributed by atoms with Crippen LogP contribution < -0.4 is 4.74 Å². The minimum atomic E-state index is -0.892. The summed E-state index contributed by atoms with van der Waals surface area (Å²) in [6.45, 7) is 0.549. The van der Waals surface area contributed by atoms with Crippen molar-refractivity contribution in [1.29, 1.82) is 0 Å². The molecule has 1 fully saturated rings. The second-order valence-corrected chi connectivity index (χ2v) is 5.55. The quantitative estimate of drug-likeness (QED) is 0.897. The molecule has 2 heterocycles. The highest BCUT2D eigenvalue weighted by molar-refractivity contribution is 7.99. The Morgan fingerprint density at radius 3 is 3.10 bits per heavy atom. The zero-order valence-electron chi connectivity index (χ0n) is 11.1. The molecule has 1 atom stereocenters. The van der Waals surface area contributed by atoms with Crippen molar-refractivity contribution in [2.24, 2.45) is 0 Å². The molecular formula is C13H16N2O4S. The average molecular weight is 296 g/mol. The number of methoxy groups -OCH3 is 1. The van der Waals surface area contributed by atoms with Gasteiger partial charge in [0.25, 0.3) is 5.91 Å². The normalized spacial score (nSPS) is 18.6. The number of carboxylic acid groups (broad SMARTS) is 1. The molecule has 0 saturated carbocycles. The number of aliphatic carboxylic acids is 1. The number of amides is 1. The number of thioether (sulfide) groups is 1. The Kier molecular flexibility index (Phi) is 4.84. The third-order valence-electron chi connectivity index (χ3n) is 3.13. The van der Waals surface area contributed by atoms with E-state index in [-0.39, 0.29) is 18.4 Å². The van der Waals surface area contributed by atoms with Crippen LogP contribution in [0.5, 0.6) is 5.75 Å². The Morgan fingerprint density at radius 1 is 1.60 bits per heavy atom. The van der Waals surface area contributed by atoms with Crippen LogP contribution in [-0.2, 0) is 4.79 Å². The zero-order valence-corrected chi connectivity index (χ0v) is 11.9. The van der Waals surface area contributed by atoms with E-state index in [1.807, 2.05) is 0 Å². The minimum Gasteiger partial charge on any atom is -0.494 e. The number of aromatic nitrogens is 1. The van der Waals surface area contributed by atoms with E-state index in [0.29, 0.717) is 23.6 Å². The number of hydrogen-bond donors (Lipinski definition) is 1. The van der Waals surface area contributed by atoms with E-state index in [0.717, 1.165) is 5.75 Å². The van der Waals surface area contributed by atoms with Crippen LogP contribution in [0.3, 0.4) is 0 Å². The minimum absolute atomic E-state index is 0.0356. The smallest absolute Gasteiger partial charge is 0.305 e. The van der Waals surface area contributed by atoms with Gasteiger partial charge in [-0.2, -0.15) is 11.8 Å². The van der Waals surface area contributed by atoms with Crippen LogP contribution in [0.2, 0.25) is 0 Å². The topological polar surface area (TPSA) is 79.7 Å². The van der Waals surface area contributed by atoms with E-state index in [2.05, 4.69) is 4.98 Å². The summed E-state index contributed by atoms with van der Waals surface area (Å²) in [5.41, 5.74) is 0.421. The lowest BCUT2D eigenvalue weighted by molar-refractivity contribution is -0.138. The molecule has 0 spiro atoms. The van der Waals surface area contributed by atoms with E-state index in [9.17, 15) is 9.59 Å². The van der Waals surface area contributed by atoms with Gasteiger partial charge in [-0.25, -0.2) is 0 Å². The summed E-state index contributed by atoms with van der Waals surface area (Å²) in [5, 5.41) is 8.95. The van der Waals surface area contributed by atoms with Gasteiger partial charge >= 0.3 is 5.97 Å². The monoisotopic (exact) mass is 296 g/mol. The summed E-state index contributed by atoms with van der Waals surface area (Å²) < 4.78 is 5.14. The molecule has 0 aliphatic carbocycles. The van der Waals surface area contributed by atoms with Gasteiger partial charge in [-0.1, -0.05) is 0 Å². The molecule has 108 valence electrons. The number of ether oxygens (including phenoxy) is 1. The van der Waals surface area contributed by atoms with E-state index in [1.165, 1.54) is 19.5 Å². The first-order chi connectivity index (χ1) is 9.63. The van der Waals surface area contributed by atoms with E-state index < -0.39 is 5.97 Å². The van der Waals surface area contributed by atoms with Crippen molar-refractivity contribution in [3.8, 4) is 5.75 Å². The van der Waals surface area contributed by atoms with E-state index in [4.69, 9.17) is 9.84 Å². The predicted molar refractivity (Wildman–Crippen MR) is 75.2 cm³/mol. The van der Waals surface area contributed by atoms with Crippen LogP contribution in [0.15, 0.2) is 18.5 Å². The van der Waals surface area contributed by atoms with Gasteiger partial charge in [-0.3, -0.25) is 14.6 Å². The van der Waals surface area contributed by atoms with E-state index >= 15 is 0 Å². The molecule has 1 aromatic heterocycles. The summed E-state index contributed by atoms with van der Waals surface area (Å²) in [4.78, 5) is 29.0. The first-order valence-electron chi connectivity index (χ1n) is 6.22. The SMILES string of the molecule is COc1cnccc1C(=O)N1CCSCC1CC(=O)O. The first kappa shape index (κ1) is 14.6. The molecule has 1 aromatic rings. The molecule has 1 aliphatic heterocycles. The maximum atomic E-state index is 12.6. The second kappa shape index (κ2) is 6.60. The Labute approximate surface area is 121 Å². The van der Waals surface area contributed by atoms with Gasteiger partial charge < -0.3 is 14.7 Å². The number of hydrogen-bond acceptors (Lipinski definition) is 5. The number of carboxylic acids is 1. The van der Waals surface area contributed by atoms with Gasteiger partial charge in [0.1, 0.15) is 5.75 Å². The van der Waals surface area contributed by atoms with Crippen molar-refractivity contribution in [3.05, 3.63) is 24.0 Å². The van der Waals surface area contributed by atoms with E-state index in [1.54, 1.807) is 22.7 Å². The Bertz CT molecular complexity index is 509. The molecule has 0 radical (unpaired) electrons. The highest BCUT2D eigenvalue weighted by Crippen LogP contribution is 2.24. The van der Waals surface area contributed by atoms with Gasteiger partial charge in [0.15, 0.2) is 0 Å². The highest BCUT2D eigenvalue weighted by atomic mass is 32.2. The molecule has 20 heavy (non-hydrogen) atoms. The van der Waals surface area contributed by atoms with Crippen LogP contribution >= 0.6 is 11.8 Å². The third-order valence-corrected chi connectivity index (χ3v) is 4.23. The van der Waals surface area contributed by atoms with Gasteiger partial charge in [-0.05, 0) is 6.07 Å². The maximum absolute atomic E-state index is 12.6. The lowest BCUT2D eigenvalue weighted by Crippen LogP contribution is -2.47. The van der Waals surface area contributed by atoms with Gasteiger partial charge in [0, 0.05) is 24.2 Å². The number of carbonyl (C=O) groups is 2. The predicted octanol–water partition coefficient (Wildman–Crippen LogP) is 1.12. The fraction of sp³-hybridized carbons (Fsp3) is 0.462. The number of carbonyl (C=O) groups excluding carboxylic acids is 1. The first-order valence-corrected chi connectivity index (χ1v) is 7.37. The molecule has 1 N–H and O–H groups in total. The van der Waals surface area contributed by atoms with Crippen LogP contribution in [0.4, 0.5) is 0 Å². The van der Waals surface area contributed by atoms with Gasteiger partial charge in [0.05, 0.1) is 31.3 Å². The second-order valence-electron chi connectivity index (χ2n) is 4.40. The zero-order chi connectivity index (χ0) is 14.5. The van der Waals surface area contributed by atoms with Crippen LogP contribution in [0.1, 0.15) is 16.8 Å². The lowest BCUT2D eigenvalue weighted by Gasteiger charge is -2.34. The van der Waals surface area contributed by atoms with Gasteiger partial charge in [-0.15, -0.1) is 0 Å². The average Bonchev–Trinajstić information content (AvgIpc) is 2.46. The number of rotatable bonds is 4. The summed E-state index contributed by atoms with van der Waals surface area (Å²) in [6, 6.07) is 1.32. The molecule has 1 unspecified atom stereocenters. The Balaban J connectivity index is 2.23. The summed E-state index contributed by atoms with van der Waals surface area (Å²) >= 11 is 1.67. The molecule has 1 aliphatic rings. The maximum Gasteiger partial charge on any atom is 0.305 e. The van der Waals surface area contributed by atoms with Crippen molar-refractivity contribution in [1.82, 2.24) is 9.88 Å². The summed E-state index contributed by atoms with van der Waals surface area (Å²) in [6.07, 6.45) is 2.98. The van der Waals surface area contributed by atoms with Crippen molar-refractivity contribution in [2.45, 2.75) is 12.5 Å². The lowest BCUT2D eigenvalue weighted by atomic mass is 10.1. The molecule has 2 rings (SSSR count). The summed E-state index contributed by atoms with van der Waals surface area (Å²) in [5.74, 6) is 0.776. The molecule has 0 bridgehead atoms. The highest BCUT2D eigenvalue weighted by Gasteiger charge is 2.30. The molecule has 7 heteroatoms. The van der Waals surface area contributed by atoms with Crippen molar-refractivity contribution in [2.75, 3.05) is 25.2 Å².